The number of anilines is 5. The third kappa shape index (κ3) is 4.22. The largest absolute Gasteiger partial charge is 0.334 e. The fraction of sp³-hybridized carbons (Fsp3) is 0.0455. The third-order valence-corrected chi connectivity index (χ3v) is 11.7. The molecule has 226 valence electrons. The van der Waals surface area contributed by atoms with Gasteiger partial charge in [-0.1, -0.05) is 127 Å². The molecule has 2 unspecified atom stereocenters. The number of para-hydroxylation sites is 1. The van der Waals surface area contributed by atoms with Crippen molar-refractivity contribution in [1.29, 1.82) is 0 Å². The summed E-state index contributed by atoms with van der Waals surface area (Å²) in [5.41, 5.74) is 15.4. The van der Waals surface area contributed by atoms with E-state index in [1.807, 2.05) is 0 Å². The van der Waals surface area contributed by atoms with Gasteiger partial charge < -0.3 is 9.80 Å². The van der Waals surface area contributed by atoms with Crippen molar-refractivity contribution in [2.24, 2.45) is 0 Å². The highest BCUT2D eigenvalue weighted by molar-refractivity contribution is 8.02. The first kappa shape index (κ1) is 27.6. The summed E-state index contributed by atoms with van der Waals surface area (Å²) in [7, 11) is 0. The van der Waals surface area contributed by atoms with Crippen LogP contribution in [0.2, 0.25) is 0 Å². The van der Waals surface area contributed by atoms with Gasteiger partial charge in [0.2, 0.25) is 6.71 Å². The summed E-state index contributed by atoms with van der Waals surface area (Å²) in [5, 5.41) is 0.315. The lowest BCUT2D eigenvalue weighted by Crippen LogP contribution is -2.62. The third-order valence-electron chi connectivity index (χ3n) is 10.2. The zero-order chi connectivity index (χ0) is 31.6. The van der Waals surface area contributed by atoms with Crippen molar-refractivity contribution in [1.82, 2.24) is 0 Å². The summed E-state index contributed by atoms with van der Waals surface area (Å²) in [6, 6.07) is 65.0. The monoisotopic (exact) mass is 630 g/mol. The van der Waals surface area contributed by atoms with E-state index >= 15 is 0 Å². The lowest BCUT2D eigenvalue weighted by atomic mass is 9.33. The minimum absolute atomic E-state index is 0.218. The Balaban J connectivity index is 1.25. The second kappa shape index (κ2) is 11.1. The molecule has 2 atom stereocenters. The molecule has 0 amide bonds. The highest BCUT2D eigenvalue weighted by atomic mass is 32.2. The fourth-order valence-corrected chi connectivity index (χ4v) is 9.82. The molecule has 4 heteroatoms. The lowest BCUT2D eigenvalue weighted by molar-refractivity contribution is 0.746. The zero-order valence-corrected chi connectivity index (χ0v) is 27.1. The lowest BCUT2D eigenvalue weighted by Gasteiger charge is -2.48. The van der Waals surface area contributed by atoms with Crippen LogP contribution in [0, 0.1) is 0 Å². The average molecular weight is 631 g/mol. The molecule has 7 aromatic carbocycles. The van der Waals surface area contributed by atoms with E-state index in [-0.39, 0.29) is 12.8 Å². The Hall–Kier alpha value is -5.45. The molecule has 7 aromatic rings. The predicted octanol–water partition coefficient (Wildman–Crippen LogP) is 10.3. The molecule has 3 aliphatic heterocycles. The fourth-order valence-electron chi connectivity index (χ4n) is 8.23. The van der Waals surface area contributed by atoms with Crippen molar-refractivity contribution in [3.8, 4) is 22.3 Å². The molecule has 3 heterocycles. The van der Waals surface area contributed by atoms with Gasteiger partial charge >= 0.3 is 0 Å². The minimum Gasteiger partial charge on any atom is -0.334 e. The summed E-state index contributed by atoms with van der Waals surface area (Å²) in [6.07, 6.45) is 0. The van der Waals surface area contributed by atoms with E-state index in [0.717, 1.165) is 0 Å². The Bertz CT molecular complexity index is 2310. The Kier molecular flexibility index (Phi) is 6.38. The molecule has 0 radical (unpaired) electrons. The first-order chi connectivity index (χ1) is 23.8. The summed E-state index contributed by atoms with van der Waals surface area (Å²) in [5.74, 6) is 0. The Morgan fingerprint density at radius 2 is 1.06 bits per heavy atom. The summed E-state index contributed by atoms with van der Waals surface area (Å²) in [6.45, 7) is 0.229. The van der Waals surface area contributed by atoms with Gasteiger partial charge in [0.25, 0.3) is 0 Å². The number of rotatable bonds is 4. The van der Waals surface area contributed by atoms with E-state index in [2.05, 4.69) is 197 Å². The van der Waals surface area contributed by atoms with Crippen LogP contribution in [0.15, 0.2) is 181 Å². The highest BCUT2D eigenvalue weighted by Crippen LogP contribution is 2.56. The molecule has 2 nitrogen and oxygen atoms in total. The van der Waals surface area contributed by atoms with Gasteiger partial charge in [0.05, 0.1) is 6.04 Å². The summed E-state index contributed by atoms with van der Waals surface area (Å²) in [4.78, 5) is 6.55. The minimum atomic E-state index is 0.218. The van der Waals surface area contributed by atoms with Gasteiger partial charge in [0, 0.05) is 38.5 Å². The predicted molar refractivity (Wildman–Crippen MR) is 204 cm³/mol. The molecule has 0 aliphatic carbocycles. The van der Waals surface area contributed by atoms with Crippen LogP contribution < -0.4 is 20.7 Å². The van der Waals surface area contributed by atoms with Gasteiger partial charge in [0.1, 0.15) is 0 Å². The number of benzene rings is 7. The maximum atomic E-state index is 2.63. The number of thioether (sulfide) groups is 1. The highest BCUT2D eigenvalue weighted by Gasteiger charge is 2.53. The first-order valence-electron chi connectivity index (χ1n) is 16.7. The quantitative estimate of drug-likeness (QED) is 0.179. The van der Waals surface area contributed by atoms with E-state index in [0.29, 0.717) is 5.15 Å². The van der Waals surface area contributed by atoms with Crippen molar-refractivity contribution < 1.29 is 0 Å². The van der Waals surface area contributed by atoms with Crippen LogP contribution >= 0.6 is 11.8 Å². The van der Waals surface area contributed by atoms with E-state index < -0.39 is 0 Å². The van der Waals surface area contributed by atoms with E-state index in [1.54, 1.807) is 0 Å². The molecule has 0 saturated carbocycles. The van der Waals surface area contributed by atoms with Gasteiger partial charge in [-0.05, 0) is 87.3 Å². The first-order valence-corrected chi connectivity index (χ1v) is 17.6. The summed E-state index contributed by atoms with van der Waals surface area (Å²) >= 11 is 2.06. The smallest absolute Gasteiger partial charge is 0.233 e. The zero-order valence-electron chi connectivity index (χ0n) is 26.3. The maximum absolute atomic E-state index is 2.63. The van der Waals surface area contributed by atoms with E-state index in [4.69, 9.17) is 0 Å². The molecule has 0 bridgehead atoms. The maximum Gasteiger partial charge on any atom is 0.233 e. The molecule has 0 fully saturated rings. The van der Waals surface area contributed by atoms with Crippen molar-refractivity contribution in [2.75, 3.05) is 9.80 Å². The SMILES string of the molecule is c1ccc(-c2cccc(N3c4cc(-c5ccccc5)ccc4B4c5c3cccc5N(c3ccccc3)C3c5ccccc5SC43)c2)cc1. The molecule has 0 spiro atoms. The molecule has 0 saturated heterocycles. The number of fused-ring (bicyclic) bond motifs is 6. The van der Waals surface area contributed by atoms with Crippen molar-refractivity contribution in [3.63, 3.8) is 0 Å². The number of hydrogen-bond acceptors (Lipinski definition) is 3. The van der Waals surface area contributed by atoms with Crippen molar-refractivity contribution in [2.45, 2.75) is 16.1 Å². The van der Waals surface area contributed by atoms with Gasteiger partial charge in [0.15, 0.2) is 0 Å². The van der Waals surface area contributed by atoms with Gasteiger partial charge in [-0.15, -0.1) is 11.8 Å². The average Bonchev–Trinajstić information content (AvgIpc) is 3.55. The Morgan fingerprint density at radius 3 is 1.83 bits per heavy atom. The topological polar surface area (TPSA) is 6.48 Å². The second-order valence-electron chi connectivity index (χ2n) is 12.8. The van der Waals surface area contributed by atoms with E-state index in [9.17, 15) is 0 Å². The standard InChI is InChI=1S/C44H31BN2S/c1-4-14-30(15-5-1)32-18-12-21-35(28-32)46-38-23-13-24-39-42(38)45(37-27-26-33(29-40(37)46)31-16-6-2-7-17-31)44-43(36-22-10-11-25-41(36)48-44)47(39)34-19-8-3-9-20-34/h1-29,43-44H. The Labute approximate surface area is 286 Å². The molecule has 48 heavy (non-hydrogen) atoms. The number of nitrogens with zero attached hydrogens (tertiary/aromatic N) is 2. The van der Waals surface area contributed by atoms with Gasteiger partial charge in [-0.3, -0.25) is 0 Å². The van der Waals surface area contributed by atoms with E-state index in [1.165, 1.54) is 72.1 Å². The second-order valence-corrected chi connectivity index (χ2v) is 14.1. The molecular weight excluding hydrogens is 599 g/mol. The molecule has 0 aromatic heterocycles. The van der Waals surface area contributed by atoms with Crippen LogP contribution in [0.5, 0.6) is 0 Å². The van der Waals surface area contributed by atoms with Crippen LogP contribution in [0.25, 0.3) is 22.3 Å². The van der Waals surface area contributed by atoms with Crippen LogP contribution in [0.1, 0.15) is 11.6 Å². The van der Waals surface area contributed by atoms with Gasteiger partial charge in [-0.25, -0.2) is 0 Å². The van der Waals surface area contributed by atoms with Crippen molar-refractivity contribution in [3.05, 3.63) is 181 Å². The molecule has 10 rings (SSSR count). The normalized spacial score (nSPS) is 17.0. The van der Waals surface area contributed by atoms with Crippen LogP contribution in [0.4, 0.5) is 28.4 Å². The molecule has 3 aliphatic rings. The Morgan fingerprint density at radius 1 is 0.458 bits per heavy atom. The van der Waals surface area contributed by atoms with Crippen LogP contribution in [-0.4, -0.2) is 11.9 Å². The molecule has 0 N–H and O–H groups in total. The number of hydrogen-bond donors (Lipinski definition) is 0. The molecular formula is C44H31BN2S. The van der Waals surface area contributed by atoms with Crippen LogP contribution in [-0.2, 0) is 0 Å². The summed E-state index contributed by atoms with van der Waals surface area (Å²) < 4.78 is 0. The van der Waals surface area contributed by atoms with Crippen LogP contribution in [0.3, 0.4) is 0 Å². The van der Waals surface area contributed by atoms with Gasteiger partial charge in [-0.2, -0.15) is 0 Å². The van der Waals surface area contributed by atoms with Crippen molar-refractivity contribution >= 4 is 57.8 Å².